The van der Waals surface area contributed by atoms with Crippen molar-refractivity contribution in [1.82, 2.24) is 0 Å². The number of rotatable bonds is 5. The largest absolute Gasteiger partial charge is 0.450 e. The molecular formula is C14H12N2O6. The Bertz CT molecular complexity index is 694. The number of hydrogen-bond donors (Lipinski definition) is 0. The smallest absolute Gasteiger partial charge is 0.433 e. The minimum absolute atomic E-state index is 0.332. The minimum Gasteiger partial charge on any atom is -0.450 e. The fourth-order valence-electron chi connectivity index (χ4n) is 1.63. The number of para-hydroxylation sites is 1. The average molecular weight is 304 g/mol. The van der Waals surface area contributed by atoms with Gasteiger partial charge in [-0.15, -0.1) is 0 Å². The number of ether oxygens (including phenoxy) is 1. The molecule has 114 valence electrons. The number of benzene rings is 1. The minimum atomic E-state index is -0.942. The molecule has 0 aliphatic rings. The van der Waals surface area contributed by atoms with Crippen LogP contribution in [0, 0.1) is 10.1 Å². The molecule has 0 unspecified atom stereocenters. The third-order valence-corrected chi connectivity index (χ3v) is 2.82. The van der Waals surface area contributed by atoms with E-state index in [-0.39, 0.29) is 5.76 Å². The van der Waals surface area contributed by atoms with E-state index in [0.717, 1.165) is 12.1 Å². The summed E-state index contributed by atoms with van der Waals surface area (Å²) in [5.74, 6) is -2.29. The van der Waals surface area contributed by atoms with Crippen molar-refractivity contribution in [3.05, 3.63) is 58.3 Å². The lowest BCUT2D eigenvalue weighted by Crippen LogP contribution is -2.31. The summed E-state index contributed by atoms with van der Waals surface area (Å²) in [6.45, 7) is -0.501. The summed E-state index contributed by atoms with van der Waals surface area (Å²) >= 11 is 0. The van der Waals surface area contributed by atoms with Gasteiger partial charge in [-0.25, -0.2) is 4.79 Å². The van der Waals surface area contributed by atoms with E-state index in [9.17, 15) is 19.7 Å². The summed E-state index contributed by atoms with van der Waals surface area (Å²) in [6.07, 6.45) is 0. The van der Waals surface area contributed by atoms with Crippen molar-refractivity contribution in [2.24, 2.45) is 0 Å². The normalized spacial score (nSPS) is 10.0. The van der Waals surface area contributed by atoms with E-state index in [1.165, 1.54) is 4.90 Å². The van der Waals surface area contributed by atoms with Gasteiger partial charge in [0.2, 0.25) is 5.76 Å². The highest BCUT2D eigenvalue weighted by atomic mass is 16.7. The monoisotopic (exact) mass is 304 g/mol. The molecular weight excluding hydrogens is 292 g/mol. The Labute approximate surface area is 125 Å². The summed E-state index contributed by atoms with van der Waals surface area (Å²) in [6, 6.07) is 11.0. The maximum atomic E-state index is 11.9. The van der Waals surface area contributed by atoms with Gasteiger partial charge in [0.25, 0.3) is 5.91 Å². The number of anilines is 1. The lowest BCUT2D eigenvalue weighted by atomic mass is 10.3. The zero-order valence-corrected chi connectivity index (χ0v) is 11.6. The molecule has 0 atom stereocenters. The summed E-state index contributed by atoms with van der Waals surface area (Å²) in [5, 5.41) is 10.4. The first-order chi connectivity index (χ1) is 10.5. The van der Waals surface area contributed by atoms with Gasteiger partial charge < -0.3 is 14.1 Å². The highest BCUT2D eigenvalue weighted by Gasteiger charge is 2.20. The summed E-state index contributed by atoms with van der Waals surface area (Å²) in [4.78, 5) is 34.5. The predicted octanol–water partition coefficient (Wildman–Crippen LogP) is 2.01. The third kappa shape index (κ3) is 3.48. The first kappa shape index (κ1) is 15.2. The summed E-state index contributed by atoms with van der Waals surface area (Å²) < 4.78 is 9.46. The Balaban J connectivity index is 1.93. The second kappa shape index (κ2) is 6.53. The van der Waals surface area contributed by atoms with Gasteiger partial charge >= 0.3 is 11.9 Å². The van der Waals surface area contributed by atoms with E-state index in [0.29, 0.717) is 5.69 Å². The molecule has 0 aliphatic carbocycles. The average Bonchev–Trinajstić information content (AvgIpc) is 3.02. The Morgan fingerprint density at radius 1 is 1.23 bits per heavy atom. The Morgan fingerprint density at radius 3 is 2.50 bits per heavy atom. The first-order valence-corrected chi connectivity index (χ1v) is 6.22. The van der Waals surface area contributed by atoms with Gasteiger partial charge in [0.1, 0.15) is 4.92 Å². The molecule has 1 heterocycles. The molecule has 2 rings (SSSR count). The van der Waals surface area contributed by atoms with Crippen LogP contribution in [0.5, 0.6) is 0 Å². The van der Waals surface area contributed by atoms with Gasteiger partial charge in [-0.2, -0.15) is 0 Å². The molecule has 0 N–H and O–H groups in total. The van der Waals surface area contributed by atoms with Gasteiger partial charge in [-0.05, 0) is 18.2 Å². The first-order valence-electron chi connectivity index (χ1n) is 6.22. The molecule has 22 heavy (non-hydrogen) atoms. The standard InChI is InChI=1S/C14H12N2O6/c1-15(10-5-3-2-4-6-10)12(17)9-21-14(18)11-7-8-13(22-11)16(19)20/h2-8H,9H2,1H3. The Hall–Kier alpha value is -3.16. The number of esters is 1. The topological polar surface area (TPSA) is 103 Å². The van der Waals surface area contributed by atoms with E-state index < -0.39 is 29.3 Å². The fraction of sp³-hybridized carbons (Fsp3) is 0.143. The van der Waals surface area contributed by atoms with Gasteiger partial charge in [0, 0.05) is 12.7 Å². The fourth-order valence-corrected chi connectivity index (χ4v) is 1.63. The van der Waals surface area contributed by atoms with Gasteiger partial charge in [0.15, 0.2) is 6.61 Å². The predicted molar refractivity (Wildman–Crippen MR) is 75.5 cm³/mol. The van der Waals surface area contributed by atoms with Crippen LogP contribution < -0.4 is 4.90 Å². The third-order valence-electron chi connectivity index (χ3n) is 2.82. The van der Waals surface area contributed by atoms with Crippen molar-refractivity contribution in [3.8, 4) is 0 Å². The highest BCUT2D eigenvalue weighted by molar-refractivity contribution is 5.96. The van der Waals surface area contributed by atoms with Crippen LogP contribution in [0.15, 0.2) is 46.9 Å². The number of hydrogen-bond acceptors (Lipinski definition) is 6. The number of amides is 1. The van der Waals surface area contributed by atoms with Crippen molar-refractivity contribution in [2.75, 3.05) is 18.6 Å². The van der Waals surface area contributed by atoms with E-state index in [2.05, 4.69) is 4.42 Å². The van der Waals surface area contributed by atoms with Crippen LogP contribution in [0.2, 0.25) is 0 Å². The van der Waals surface area contributed by atoms with E-state index >= 15 is 0 Å². The number of likely N-dealkylation sites (N-methyl/N-ethyl adjacent to an activating group) is 1. The van der Waals surface area contributed by atoms with Crippen molar-refractivity contribution >= 4 is 23.4 Å². The van der Waals surface area contributed by atoms with Crippen molar-refractivity contribution in [2.45, 2.75) is 0 Å². The summed E-state index contributed by atoms with van der Waals surface area (Å²) in [7, 11) is 1.54. The van der Waals surface area contributed by atoms with Crippen LogP contribution in [-0.2, 0) is 9.53 Å². The van der Waals surface area contributed by atoms with E-state index in [4.69, 9.17) is 4.74 Å². The molecule has 0 saturated carbocycles. The van der Waals surface area contributed by atoms with E-state index in [1.807, 2.05) is 6.07 Å². The SMILES string of the molecule is CN(C(=O)COC(=O)c1ccc([N+](=O)[O-])o1)c1ccccc1. The quantitative estimate of drug-likeness (QED) is 0.475. The summed E-state index contributed by atoms with van der Waals surface area (Å²) in [5.41, 5.74) is 0.650. The van der Waals surface area contributed by atoms with Gasteiger partial charge in [-0.3, -0.25) is 14.9 Å². The van der Waals surface area contributed by atoms with Crippen LogP contribution in [0.4, 0.5) is 11.6 Å². The molecule has 1 amide bonds. The van der Waals surface area contributed by atoms with Crippen LogP contribution in [0.3, 0.4) is 0 Å². The maximum absolute atomic E-state index is 11.9. The van der Waals surface area contributed by atoms with Gasteiger partial charge in [0.05, 0.1) is 6.07 Å². The van der Waals surface area contributed by atoms with Crippen LogP contribution in [0.25, 0.3) is 0 Å². The number of carbonyl (C=O) groups excluding carboxylic acids is 2. The zero-order valence-electron chi connectivity index (χ0n) is 11.6. The van der Waals surface area contributed by atoms with Crippen LogP contribution >= 0.6 is 0 Å². The molecule has 0 spiro atoms. The second-order valence-electron chi connectivity index (χ2n) is 4.26. The molecule has 0 fully saturated rings. The zero-order chi connectivity index (χ0) is 16.1. The molecule has 8 heteroatoms. The molecule has 0 aliphatic heterocycles. The number of nitro groups is 1. The number of furan rings is 1. The lowest BCUT2D eigenvalue weighted by molar-refractivity contribution is -0.402. The number of nitrogens with zero attached hydrogens (tertiary/aromatic N) is 2. The van der Waals surface area contributed by atoms with Crippen molar-refractivity contribution in [3.63, 3.8) is 0 Å². The van der Waals surface area contributed by atoms with Crippen molar-refractivity contribution < 1.29 is 23.7 Å². The van der Waals surface area contributed by atoms with Gasteiger partial charge in [-0.1, -0.05) is 18.2 Å². The van der Waals surface area contributed by atoms with E-state index in [1.54, 1.807) is 31.3 Å². The second-order valence-corrected chi connectivity index (χ2v) is 4.26. The van der Waals surface area contributed by atoms with Crippen LogP contribution in [-0.4, -0.2) is 30.5 Å². The number of carbonyl (C=O) groups is 2. The maximum Gasteiger partial charge on any atom is 0.433 e. The van der Waals surface area contributed by atoms with Crippen molar-refractivity contribution in [1.29, 1.82) is 0 Å². The highest BCUT2D eigenvalue weighted by Crippen LogP contribution is 2.16. The van der Waals surface area contributed by atoms with Crippen LogP contribution in [0.1, 0.15) is 10.6 Å². The Morgan fingerprint density at radius 2 is 1.91 bits per heavy atom. The Kier molecular flexibility index (Phi) is 4.52. The lowest BCUT2D eigenvalue weighted by Gasteiger charge is -2.16. The molecule has 1 aromatic heterocycles. The molecule has 8 nitrogen and oxygen atoms in total. The molecule has 2 aromatic rings. The molecule has 0 radical (unpaired) electrons. The molecule has 1 aromatic carbocycles. The molecule has 0 saturated heterocycles. The molecule has 0 bridgehead atoms.